The highest BCUT2D eigenvalue weighted by Gasteiger charge is 2.31. The molecule has 0 spiro atoms. The molecule has 0 saturated heterocycles. The smallest absolute Gasteiger partial charge is 0.231 e. The van der Waals surface area contributed by atoms with Gasteiger partial charge in [0, 0.05) is 24.4 Å². The Morgan fingerprint density at radius 2 is 2.09 bits per heavy atom. The topological polar surface area (TPSA) is 81.7 Å². The average molecular weight is 353 g/mol. The first-order valence-corrected chi connectivity index (χ1v) is 9.32. The van der Waals surface area contributed by atoms with Crippen LogP contribution in [0, 0.1) is 0 Å². The molecule has 1 aromatic carbocycles. The van der Waals surface area contributed by atoms with Crippen molar-refractivity contribution in [3.8, 4) is 11.5 Å². The molecular formula is C15H15NO5S2. The monoisotopic (exact) mass is 353 g/mol. The van der Waals surface area contributed by atoms with Crippen molar-refractivity contribution in [3.63, 3.8) is 0 Å². The van der Waals surface area contributed by atoms with E-state index in [4.69, 9.17) is 9.47 Å². The molecule has 3 rings (SSSR count). The first kappa shape index (κ1) is 15.8. The fourth-order valence-corrected chi connectivity index (χ4v) is 5.09. The van der Waals surface area contributed by atoms with E-state index in [1.165, 1.54) is 30.4 Å². The molecule has 6 nitrogen and oxygen atoms in total. The second kappa shape index (κ2) is 6.21. The minimum absolute atomic E-state index is 0.0205. The molecule has 0 fully saturated rings. The number of hydrogen-bond acceptors (Lipinski definition) is 6. The Labute approximate surface area is 138 Å². The Balaban J connectivity index is 1.98. The zero-order valence-corrected chi connectivity index (χ0v) is 13.9. The molecule has 0 radical (unpaired) electrons. The van der Waals surface area contributed by atoms with Crippen LogP contribution in [0.25, 0.3) is 0 Å². The van der Waals surface area contributed by atoms with Gasteiger partial charge in [-0.25, -0.2) is 8.42 Å². The van der Waals surface area contributed by atoms with Gasteiger partial charge in [0.15, 0.2) is 21.3 Å². The van der Waals surface area contributed by atoms with Crippen LogP contribution in [0.1, 0.15) is 17.1 Å². The van der Waals surface area contributed by atoms with Gasteiger partial charge < -0.3 is 14.8 Å². The summed E-state index contributed by atoms with van der Waals surface area (Å²) in [6.07, 6.45) is 0. The summed E-state index contributed by atoms with van der Waals surface area (Å²) in [6, 6.07) is 8.08. The minimum Gasteiger partial charge on any atom is -0.454 e. The van der Waals surface area contributed by atoms with Gasteiger partial charge in [-0.3, -0.25) is 4.79 Å². The standard InChI is InChI=1S/C15H15NO5S2/c1-10(17)16-8-15(14-3-2-6-22-14)23(18,19)11-4-5-12-13(7-11)21-9-20-12/h2-7,15H,8-9H2,1H3,(H,16,17)/t15-/m0/s1. The summed E-state index contributed by atoms with van der Waals surface area (Å²) >= 11 is 1.34. The van der Waals surface area contributed by atoms with Crippen molar-refractivity contribution in [2.24, 2.45) is 0 Å². The molecule has 1 amide bonds. The van der Waals surface area contributed by atoms with Crippen molar-refractivity contribution in [3.05, 3.63) is 40.6 Å². The summed E-state index contributed by atoms with van der Waals surface area (Å²) in [5.41, 5.74) is 0. The van der Waals surface area contributed by atoms with Crippen LogP contribution in [-0.4, -0.2) is 27.7 Å². The van der Waals surface area contributed by atoms with Gasteiger partial charge in [-0.05, 0) is 23.6 Å². The number of carbonyl (C=O) groups is 1. The molecule has 23 heavy (non-hydrogen) atoms. The van der Waals surface area contributed by atoms with Crippen molar-refractivity contribution in [1.29, 1.82) is 0 Å². The molecule has 1 aliphatic rings. The highest BCUT2D eigenvalue weighted by Crippen LogP contribution is 2.37. The largest absolute Gasteiger partial charge is 0.454 e. The van der Waals surface area contributed by atoms with E-state index < -0.39 is 15.1 Å². The number of rotatable bonds is 5. The summed E-state index contributed by atoms with van der Waals surface area (Å²) in [5.74, 6) is 0.668. The van der Waals surface area contributed by atoms with Crippen LogP contribution in [0.5, 0.6) is 11.5 Å². The third-order valence-corrected chi connectivity index (χ3v) is 6.66. The van der Waals surface area contributed by atoms with E-state index in [0.717, 1.165) is 0 Å². The zero-order valence-electron chi connectivity index (χ0n) is 12.3. The van der Waals surface area contributed by atoms with E-state index in [1.54, 1.807) is 18.2 Å². The van der Waals surface area contributed by atoms with Crippen molar-refractivity contribution in [1.82, 2.24) is 5.32 Å². The number of benzene rings is 1. The maximum atomic E-state index is 13.0. The molecule has 2 heterocycles. The number of ether oxygens (including phenoxy) is 2. The third kappa shape index (κ3) is 3.18. The third-order valence-electron chi connectivity index (χ3n) is 3.44. The van der Waals surface area contributed by atoms with Crippen molar-refractivity contribution in [2.75, 3.05) is 13.3 Å². The molecule has 1 aromatic heterocycles. The minimum atomic E-state index is -3.68. The summed E-state index contributed by atoms with van der Waals surface area (Å²) < 4.78 is 36.5. The van der Waals surface area contributed by atoms with Crippen LogP contribution < -0.4 is 14.8 Å². The lowest BCUT2D eigenvalue weighted by Gasteiger charge is -2.17. The molecule has 8 heteroatoms. The van der Waals surface area contributed by atoms with E-state index in [2.05, 4.69) is 5.32 Å². The quantitative estimate of drug-likeness (QED) is 0.890. The lowest BCUT2D eigenvalue weighted by molar-refractivity contribution is -0.118. The summed E-state index contributed by atoms with van der Waals surface area (Å²) in [4.78, 5) is 12.0. The Morgan fingerprint density at radius 1 is 1.30 bits per heavy atom. The molecule has 0 saturated carbocycles. The highest BCUT2D eigenvalue weighted by molar-refractivity contribution is 7.91. The van der Waals surface area contributed by atoms with Crippen LogP contribution in [-0.2, 0) is 14.6 Å². The van der Waals surface area contributed by atoms with Gasteiger partial charge in [0.1, 0.15) is 5.25 Å². The highest BCUT2D eigenvalue weighted by atomic mass is 32.2. The van der Waals surface area contributed by atoms with Crippen LogP contribution in [0.15, 0.2) is 40.6 Å². The first-order chi connectivity index (χ1) is 11.0. The number of fused-ring (bicyclic) bond motifs is 1. The maximum Gasteiger partial charge on any atom is 0.231 e. The van der Waals surface area contributed by atoms with Crippen molar-refractivity contribution in [2.45, 2.75) is 17.1 Å². The van der Waals surface area contributed by atoms with E-state index in [0.29, 0.717) is 16.4 Å². The van der Waals surface area contributed by atoms with Gasteiger partial charge in [-0.1, -0.05) is 6.07 Å². The van der Waals surface area contributed by atoms with Gasteiger partial charge in [-0.15, -0.1) is 11.3 Å². The Kier molecular flexibility index (Phi) is 4.27. The lowest BCUT2D eigenvalue weighted by Crippen LogP contribution is -2.29. The molecule has 1 atom stereocenters. The Morgan fingerprint density at radius 3 is 2.78 bits per heavy atom. The van der Waals surface area contributed by atoms with E-state index >= 15 is 0 Å². The number of thiophene rings is 1. The molecular weight excluding hydrogens is 338 g/mol. The fraction of sp³-hybridized carbons (Fsp3) is 0.267. The van der Waals surface area contributed by atoms with Crippen LogP contribution in [0.3, 0.4) is 0 Å². The van der Waals surface area contributed by atoms with E-state index in [-0.39, 0.29) is 24.1 Å². The molecule has 1 N–H and O–H groups in total. The zero-order chi connectivity index (χ0) is 16.4. The summed E-state index contributed by atoms with van der Waals surface area (Å²) in [5, 5.41) is 3.56. The predicted octanol–water partition coefficient (Wildman–Crippen LogP) is 2.13. The van der Waals surface area contributed by atoms with Crippen molar-refractivity contribution < 1.29 is 22.7 Å². The fourth-order valence-electron chi connectivity index (χ4n) is 2.29. The summed E-state index contributed by atoms with van der Waals surface area (Å²) in [6.45, 7) is 1.46. The van der Waals surface area contributed by atoms with Gasteiger partial charge in [0.2, 0.25) is 12.7 Å². The predicted molar refractivity (Wildman–Crippen MR) is 85.5 cm³/mol. The van der Waals surface area contributed by atoms with Gasteiger partial charge in [0.25, 0.3) is 0 Å². The van der Waals surface area contributed by atoms with Crippen LogP contribution in [0.2, 0.25) is 0 Å². The van der Waals surface area contributed by atoms with Gasteiger partial charge >= 0.3 is 0 Å². The normalized spacial score (nSPS) is 14.5. The average Bonchev–Trinajstić information content (AvgIpc) is 3.17. The Hall–Kier alpha value is -2.06. The second-order valence-corrected chi connectivity index (χ2v) is 8.11. The number of hydrogen-bond donors (Lipinski definition) is 1. The maximum absolute atomic E-state index is 13.0. The number of amides is 1. The van der Waals surface area contributed by atoms with Gasteiger partial charge in [-0.2, -0.15) is 0 Å². The van der Waals surface area contributed by atoms with Gasteiger partial charge in [0.05, 0.1) is 4.90 Å². The SMILES string of the molecule is CC(=O)NC[C@@H](c1cccs1)S(=O)(=O)c1ccc2c(c1)OCO2. The lowest BCUT2D eigenvalue weighted by atomic mass is 10.3. The molecule has 2 aromatic rings. The molecule has 0 unspecified atom stereocenters. The molecule has 122 valence electrons. The Bertz CT molecular complexity index is 814. The number of sulfone groups is 1. The second-order valence-electron chi connectivity index (χ2n) is 5.00. The van der Waals surface area contributed by atoms with E-state index in [1.807, 2.05) is 5.38 Å². The van der Waals surface area contributed by atoms with Crippen molar-refractivity contribution >= 4 is 27.1 Å². The van der Waals surface area contributed by atoms with E-state index in [9.17, 15) is 13.2 Å². The summed E-state index contributed by atoms with van der Waals surface area (Å²) in [7, 11) is -3.68. The first-order valence-electron chi connectivity index (χ1n) is 6.90. The number of nitrogens with one attached hydrogen (secondary N) is 1. The molecule has 1 aliphatic heterocycles. The van der Waals surface area contributed by atoms with Crippen LogP contribution >= 0.6 is 11.3 Å². The number of carbonyl (C=O) groups excluding carboxylic acids is 1. The van der Waals surface area contributed by atoms with Crippen LogP contribution in [0.4, 0.5) is 0 Å². The molecule has 0 aliphatic carbocycles. The molecule has 0 bridgehead atoms.